The van der Waals surface area contributed by atoms with Crippen LogP contribution in [0.5, 0.6) is 0 Å². The third kappa shape index (κ3) is 5.38. The molecule has 0 aliphatic rings. The summed E-state index contributed by atoms with van der Waals surface area (Å²) in [7, 11) is 0. The Balaban J connectivity index is 1.94. The molecule has 22 heavy (non-hydrogen) atoms. The first kappa shape index (κ1) is 16.3. The molecule has 0 aliphatic heterocycles. The van der Waals surface area contributed by atoms with Gasteiger partial charge in [-0.15, -0.1) is 0 Å². The lowest BCUT2D eigenvalue weighted by atomic mass is 9.95. The van der Waals surface area contributed by atoms with E-state index < -0.39 is 0 Å². The molecule has 0 saturated carbocycles. The maximum absolute atomic E-state index is 12.1. The zero-order valence-corrected chi connectivity index (χ0v) is 13.6. The summed E-state index contributed by atoms with van der Waals surface area (Å²) in [4.78, 5) is 12.1. The van der Waals surface area contributed by atoms with E-state index in [0.717, 1.165) is 12.0 Å². The maximum atomic E-state index is 12.1. The van der Waals surface area contributed by atoms with E-state index in [1.165, 1.54) is 5.56 Å². The summed E-state index contributed by atoms with van der Waals surface area (Å²) in [6, 6.07) is 17.5. The molecule has 2 aromatic rings. The van der Waals surface area contributed by atoms with Crippen molar-refractivity contribution in [3.63, 3.8) is 0 Å². The Morgan fingerprint density at radius 1 is 1.09 bits per heavy atom. The van der Waals surface area contributed by atoms with Crippen molar-refractivity contribution in [3.8, 4) is 0 Å². The highest BCUT2D eigenvalue weighted by molar-refractivity contribution is 6.30. The van der Waals surface area contributed by atoms with Gasteiger partial charge in [0.2, 0.25) is 5.91 Å². The van der Waals surface area contributed by atoms with E-state index in [1.807, 2.05) is 44.2 Å². The van der Waals surface area contributed by atoms with Crippen molar-refractivity contribution in [2.24, 2.45) is 0 Å². The number of nitrogens with one attached hydrogen (secondary N) is 1. The molecule has 0 aliphatic carbocycles. The van der Waals surface area contributed by atoms with Crippen LogP contribution in [-0.4, -0.2) is 11.4 Å². The van der Waals surface area contributed by atoms with Crippen molar-refractivity contribution >= 4 is 23.6 Å². The molecule has 2 aromatic carbocycles. The minimum atomic E-state index is -0.303. The standard InChI is InChI=1S/C19H20ClNO/c1-19(2,14-16-6-4-3-5-7-16)21-18(22)13-10-15-8-11-17(20)12-9-15/h3-13H,14H2,1-2H3,(H,21,22)/b13-10+. The fourth-order valence-electron chi connectivity index (χ4n) is 2.27. The van der Waals surface area contributed by atoms with Crippen molar-refractivity contribution in [2.45, 2.75) is 25.8 Å². The Morgan fingerprint density at radius 3 is 2.36 bits per heavy atom. The second kappa shape index (κ2) is 7.28. The van der Waals surface area contributed by atoms with Crippen molar-refractivity contribution in [1.82, 2.24) is 5.32 Å². The summed E-state index contributed by atoms with van der Waals surface area (Å²) < 4.78 is 0. The fraction of sp³-hybridized carbons (Fsp3) is 0.211. The molecule has 114 valence electrons. The van der Waals surface area contributed by atoms with Gasteiger partial charge in [0.15, 0.2) is 0 Å². The number of amides is 1. The van der Waals surface area contributed by atoms with Gasteiger partial charge in [0.25, 0.3) is 0 Å². The van der Waals surface area contributed by atoms with Crippen LogP contribution in [-0.2, 0) is 11.2 Å². The van der Waals surface area contributed by atoms with E-state index in [1.54, 1.807) is 24.3 Å². The monoisotopic (exact) mass is 313 g/mol. The first-order valence-corrected chi connectivity index (χ1v) is 7.62. The van der Waals surface area contributed by atoms with Crippen LogP contribution in [0.15, 0.2) is 60.7 Å². The summed E-state index contributed by atoms with van der Waals surface area (Å²) >= 11 is 5.84. The Bertz CT molecular complexity index is 645. The van der Waals surface area contributed by atoms with Gasteiger partial charge >= 0.3 is 0 Å². The quantitative estimate of drug-likeness (QED) is 0.810. The number of rotatable bonds is 5. The van der Waals surface area contributed by atoms with Crippen LogP contribution < -0.4 is 5.32 Å². The highest BCUT2D eigenvalue weighted by Crippen LogP contribution is 2.13. The molecule has 3 heteroatoms. The lowest BCUT2D eigenvalue weighted by Crippen LogP contribution is -2.44. The molecule has 0 spiro atoms. The molecule has 0 saturated heterocycles. The first-order chi connectivity index (χ1) is 10.4. The highest BCUT2D eigenvalue weighted by atomic mass is 35.5. The summed E-state index contributed by atoms with van der Waals surface area (Å²) in [5.74, 6) is -0.101. The molecule has 0 bridgehead atoms. The highest BCUT2D eigenvalue weighted by Gasteiger charge is 2.19. The van der Waals surface area contributed by atoms with Gasteiger partial charge in [-0.1, -0.05) is 54.1 Å². The predicted octanol–water partition coefficient (Wildman–Crippen LogP) is 4.49. The number of carbonyl (C=O) groups excluding carboxylic acids is 1. The van der Waals surface area contributed by atoms with Crippen LogP contribution in [0.1, 0.15) is 25.0 Å². The minimum Gasteiger partial charge on any atom is -0.347 e. The lowest BCUT2D eigenvalue weighted by molar-refractivity contribution is -0.117. The van der Waals surface area contributed by atoms with Gasteiger partial charge in [-0.2, -0.15) is 0 Å². The Hall–Kier alpha value is -2.06. The van der Waals surface area contributed by atoms with E-state index in [0.29, 0.717) is 5.02 Å². The Labute approximate surface area is 136 Å². The summed E-state index contributed by atoms with van der Waals surface area (Å²) in [5, 5.41) is 3.72. The van der Waals surface area contributed by atoms with Crippen LogP contribution in [0.2, 0.25) is 5.02 Å². The maximum Gasteiger partial charge on any atom is 0.244 e. The average Bonchev–Trinajstić information content (AvgIpc) is 2.46. The zero-order valence-electron chi connectivity index (χ0n) is 12.8. The van der Waals surface area contributed by atoms with Crippen molar-refractivity contribution in [3.05, 3.63) is 76.8 Å². The summed E-state index contributed by atoms with van der Waals surface area (Å²) in [5.41, 5.74) is 1.85. The molecule has 1 N–H and O–H groups in total. The number of carbonyl (C=O) groups is 1. The molecule has 2 nitrogen and oxygen atoms in total. The summed E-state index contributed by atoms with van der Waals surface area (Å²) in [6.45, 7) is 4.04. The van der Waals surface area contributed by atoms with Gasteiger partial charge in [0.1, 0.15) is 0 Å². The van der Waals surface area contributed by atoms with Crippen molar-refractivity contribution in [1.29, 1.82) is 0 Å². The average molecular weight is 314 g/mol. The van der Waals surface area contributed by atoms with Crippen molar-refractivity contribution < 1.29 is 4.79 Å². The third-order valence-corrected chi connectivity index (χ3v) is 3.50. The van der Waals surface area contributed by atoms with E-state index in [-0.39, 0.29) is 11.4 Å². The topological polar surface area (TPSA) is 29.1 Å². The number of hydrogen-bond acceptors (Lipinski definition) is 1. The van der Waals surface area contributed by atoms with E-state index in [4.69, 9.17) is 11.6 Å². The Kier molecular flexibility index (Phi) is 5.40. The molecule has 0 unspecified atom stereocenters. The molecule has 0 fully saturated rings. The van der Waals surface area contributed by atoms with Crippen LogP contribution in [0, 0.1) is 0 Å². The number of hydrogen-bond donors (Lipinski definition) is 1. The Morgan fingerprint density at radius 2 is 1.73 bits per heavy atom. The second-order valence-electron chi connectivity index (χ2n) is 5.92. The molecule has 0 heterocycles. The van der Waals surface area contributed by atoms with Gasteiger partial charge < -0.3 is 5.32 Å². The van der Waals surface area contributed by atoms with Crippen molar-refractivity contribution in [2.75, 3.05) is 0 Å². The van der Waals surface area contributed by atoms with Gasteiger partial charge in [0.05, 0.1) is 0 Å². The molecular formula is C19H20ClNO. The molecular weight excluding hydrogens is 294 g/mol. The van der Waals surface area contributed by atoms with E-state index in [2.05, 4.69) is 17.4 Å². The largest absolute Gasteiger partial charge is 0.347 e. The zero-order chi connectivity index (χ0) is 16.0. The molecule has 0 aromatic heterocycles. The molecule has 0 atom stereocenters. The SMILES string of the molecule is CC(C)(Cc1ccccc1)NC(=O)/C=C/c1ccc(Cl)cc1. The lowest BCUT2D eigenvalue weighted by Gasteiger charge is -2.25. The smallest absolute Gasteiger partial charge is 0.244 e. The van der Waals surface area contributed by atoms with E-state index >= 15 is 0 Å². The number of benzene rings is 2. The van der Waals surface area contributed by atoms with Gasteiger partial charge in [-0.05, 0) is 49.6 Å². The van der Waals surface area contributed by atoms with Gasteiger partial charge in [-0.3, -0.25) is 4.79 Å². The van der Waals surface area contributed by atoms with E-state index in [9.17, 15) is 4.79 Å². The fourth-order valence-corrected chi connectivity index (χ4v) is 2.40. The summed E-state index contributed by atoms with van der Waals surface area (Å²) in [6.07, 6.45) is 4.12. The van der Waals surface area contributed by atoms with Crippen LogP contribution in [0.3, 0.4) is 0 Å². The molecule has 1 amide bonds. The normalized spacial score (nSPS) is 11.6. The van der Waals surface area contributed by atoms with Crippen LogP contribution in [0.25, 0.3) is 6.08 Å². The van der Waals surface area contributed by atoms with Crippen LogP contribution in [0.4, 0.5) is 0 Å². The predicted molar refractivity (Wildman–Crippen MR) is 92.9 cm³/mol. The van der Waals surface area contributed by atoms with Crippen LogP contribution >= 0.6 is 11.6 Å². The van der Waals surface area contributed by atoms with Gasteiger partial charge in [-0.25, -0.2) is 0 Å². The van der Waals surface area contributed by atoms with Gasteiger partial charge in [0, 0.05) is 16.6 Å². The number of halogens is 1. The minimum absolute atomic E-state index is 0.101. The molecule has 2 rings (SSSR count). The third-order valence-electron chi connectivity index (χ3n) is 3.25. The second-order valence-corrected chi connectivity index (χ2v) is 6.36. The molecule has 0 radical (unpaired) electrons. The first-order valence-electron chi connectivity index (χ1n) is 7.24.